The van der Waals surface area contributed by atoms with Crippen molar-refractivity contribution >= 4 is 0 Å². The van der Waals surface area contributed by atoms with E-state index in [1.807, 2.05) is 18.2 Å². The van der Waals surface area contributed by atoms with Crippen LogP contribution in [0.4, 0.5) is 0 Å². The van der Waals surface area contributed by atoms with Gasteiger partial charge in [-0.05, 0) is 18.6 Å². The summed E-state index contributed by atoms with van der Waals surface area (Å²) in [7, 11) is 1.67. The van der Waals surface area contributed by atoms with Crippen LogP contribution in [0.2, 0.25) is 0 Å². The van der Waals surface area contributed by atoms with Crippen LogP contribution in [-0.4, -0.2) is 52.7 Å². The molecule has 0 aromatic rings. The van der Waals surface area contributed by atoms with Crippen LogP contribution >= 0.6 is 0 Å². The molecule has 1 unspecified atom stereocenters. The summed E-state index contributed by atoms with van der Waals surface area (Å²) in [4.78, 5) is 0. The lowest BCUT2D eigenvalue weighted by molar-refractivity contribution is 0.0242. The SMILES string of the molecule is COC1=CCC(OCCOCCNCCN)C=C1. The third-order valence-electron chi connectivity index (χ3n) is 2.57. The van der Waals surface area contributed by atoms with Gasteiger partial charge in [-0.3, -0.25) is 0 Å². The largest absolute Gasteiger partial charge is 0.497 e. The van der Waals surface area contributed by atoms with Crippen LogP contribution in [0.15, 0.2) is 24.0 Å². The maximum Gasteiger partial charge on any atom is 0.114 e. The van der Waals surface area contributed by atoms with E-state index in [2.05, 4.69) is 5.32 Å². The number of hydrogen-bond donors (Lipinski definition) is 2. The number of nitrogens with one attached hydrogen (secondary N) is 1. The summed E-state index contributed by atoms with van der Waals surface area (Å²) in [5, 5.41) is 3.16. The number of allylic oxidation sites excluding steroid dienone is 1. The van der Waals surface area contributed by atoms with Crippen molar-refractivity contribution in [3.05, 3.63) is 24.0 Å². The van der Waals surface area contributed by atoms with Crippen molar-refractivity contribution in [2.45, 2.75) is 12.5 Å². The molecular formula is C13H24N2O3. The van der Waals surface area contributed by atoms with Crippen molar-refractivity contribution in [3.63, 3.8) is 0 Å². The highest BCUT2D eigenvalue weighted by atomic mass is 16.5. The summed E-state index contributed by atoms with van der Waals surface area (Å²) >= 11 is 0. The minimum atomic E-state index is 0.142. The molecule has 1 aliphatic carbocycles. The maximum atomic E-state index is 5.65. The van der Waals surface area contributed by atoms with Crippen molar-refractivity contribution < 1.29 is 14.2 Å². The van der Waals surface area contributed by atoms with Crippen molar-refractivity contribution in [2.75, 3.05) is 46.6 Å². The van der Waals surface area contributed by atoms with Gasteiger partial charge in [0.15, 0.2) is 0 Å². The Kier molecular flexibility index (Phi) is 8.50. The second kappa shape index (κ2) is 10.1. The third-order valence-corrected chi connectivity index (χ3v) is 2.57. The van der Waals surface area contributed by atoms with Gasteiger partial charge in [-0.25, -0.2) is 0 Å². The molecule has 0 saturated heterocycles. The van der Waals surface area contributed by atoms with Gasteiger partial charge >= 0.3 is 0 Å². The first kappa shape index (κ1) is 15.2. The van der Waals surface area contributed by atoms with Crippen LogP contribution in [-0.2, 0) is 14.2 Å². The lowest BCUT2D eigenvalue weighted by Crippen LogP contribution is -2.26. The lowest BCUT2D eigenvalue weighted by atomic mass is 10.1. The molecule has 0 bridgehead atoms. The van der Waals surface area contributed by atoms with E-state index < -0.39 is 0 Å². The molecular weight excluding hydrogens is 232 g/mol. The summed E-state index contributed by atoms with van der Waals surface area (Å²) in [5.41, 5.74) is 5.35. The van der Waals surface area contributed by atoms with Crippen LogP contribution in [0.5, 0.6) is 0 Å². The topological polar surface area (TPSA) is 65.7 Å². The molecule has 0 aromatic carbocycles. The van der Waals surface area contributed by atoms with E-state index in [-0.39, 0.29) is 6.10 Å². The fourth-order valence-corrected chi connectivity index (χ4v) is 1.59. The molecule has 1 rings (SSSR count). The van der Waals surface area contributed by atoms with Crippen LogP contribution in [0.1, 0.15) is 6.42 Å². The molecule has 0 heterocycles. The molecule has 5 nitrogen and oxygen atoms in total. The van der Waals surface area contributed by atoms with Crippen LogP contribution in [0, 0.1) is 0 Å². The number of ether oxygens (including phenoxy) is 3. The van der Waals surface area contributed by atoms with Gasteiger partial charge in [-0.15, -0.1) is 0 Å². The smallest absolute Gasteiger partial charge is 0.114 e. The Balaban J connectivity index is 1.90. The zero-order valence-corrected chi connectivity index (χ0v) is 11.1. The molecule has 0 aliphatic heterocycles. The fraction of sp³-hybridized carbons (Fsp3) is 0.692. The molecule has 1 aliphatic rings. The first-order chi connectivity index (χ1) is 8.86. The predicted molar refractivity (Wildman–Crippen MR) is 71.3 cm³/mol. The van der Waals surface area contributed by atoms with Gasteiger partial charge in [0.1, 0.15) is 5.76 Å². The van der Waals surface area contributed by atoms with E-state index >= 15 is 0 Å². The standard InChI is InChI=1S/C13H24N2O3/c1-16-12-2-4-13(5-3-12)18-11-10-17-9-8-15-7-6-14/h2-4,13,15H,5-11,14H2,1H3. The fourth-order valence-electron chi connectivity index (χ4n) is 1.59. The number of hydrogen-bond acceptors (Lipinski definition) is 5. The van der Waals surface area contributed by atoms with E-state index in [0.29, 0.717) is 26.4 Å². The zero-order chi connectivity index (χ0) is 13.1. The van der Waals surface area contributed by atoms with Gasteiger partial charge in [0, 0.05) is 19.6 Å². The second-order valence-electron chi connectivity index (χ2n) is 3.97. The molecule has 18 heavy (non-hydrogen) atoms. The molecule has 0 amide bonds. The first-order valence-corrected chi connectivity index (χ1v) is 6.39. The second-order valence-corrected chi connectivity index (χ2v) is 3.97. The van der Waals surface area contributed by atoms with E-state index in [0.717, 1.165) is 25.3 Å². The normalized spacial score (nSPS) is 18.8. The van der Waals surface area contributed by atoms with Crippen molar-refractivity contribution in [3.8, 4) is 0 Å². The molecule has 0 fully saturated rings. The number of nitrogens with two attached hydrogens (primary N) is 1. The van der Waals surface area contributed by atoms with Gasteiger partial charge in [0.25, 0.3) is 0 Å². The van der Waals surface area contributed by atoms with Gasteiger partial charge in [-0.2, -0.15) is 0 Å². The monoisotopic (exact) mass is 256 g/mol. The van der Waals surface area contributed by atoms with Crippen molar-refractivity contribution in [1.82, 2.24) is 5.32 Å². The number of rotatable bonds is 10. The average molecular weight is 256 g/mol. The average Bonchev–Trinajstić information content (AvgIpc) is 2.42. The summed E-state index contributed by atoms with van der Waals surface area (Å²) in [5.74, 6) is 0.900. The zero-order valence-electron chi connectivity index (χ0n) is 11.1. The van der Waals surface area contributed by atoms with Gasteiger partial charge in [0.05, 0.1) is 33.0 Å². The molecule has 5 heteroatoms. The molecule has 104 valence electrons. The van der Waals surface area contributed by atoms with Crippen molar-refractivity contribution in [1.29, 1.82) is 0 Å². The van der Waals surface area contributed by atoms with Gasteiger partial charge in [-0.1, -0.05) is 6.08 Å². The van der Waals surface area contributed by atoms with Gasteiger partial charge < -0.3 is 25.3 Å². The minimum Gasteiger partial charge on any atom is -0.497 e. The van der Waals surface area contributed by atoms with Crippen LogP contribution in [0.3, 0.4) is 0 Å². The summed E-state index contributed by atoms with van der Waals surface area (Å²) in [6.45, 7) is 4.25. The Morgan fingerprint density at radius 3 is 2.89 bits per heavy atom. The Hall–Kier alpha value is -0.880. The quantitative estimate of drug-likeness (QED) is 0.555. The highest BCUT2D eigenvalue weighted by Crippen LogP contribution is 2.13. The molecule has 3 N–H and O–H groups in total. The Bertz CT molecular complexity index is 267. The molecule has 0 radical (unpaired) electrons. The minimum absolute atomic E-state index is 0.142. The van der Waals surface area contributed by atoms with Crippen LogP contribution < -0.4 is 11.1 Å². The highest BCUT2D eigenvalue weighted by molar-refractivity contribution is 5.18. The van der Waals surface area contributed by atoms with E-state index in [4.69, 9.17) is 19.9 Å². The summed E-state index contributed by atoms with van der Waals surface area (Å²) < 4.78 is 16.2. The molecule has 0 aromatic heterocycles. The Labute approximate surface area is 109 Å². The molecule has 0 saturated carbocycles. The lowest BCUT2D eigenvalue weighted by Gasteiger charge is -2.16. The van der Waals surface area contributed by atoms with E-state index in [1.54, 1.807) is 7.11 Å². The molecule has 0 spiro atoms. The predicted octanol–water partition coefficient (Wildman–Crippen LogP) is 0.427. The highest BCUT2D eigenvalue weighted by Gasteiger charge is 2.08. The van der Waals surface area contributed by atoms with E-state index in [1.165, 1.54) is 0 Å². The summed E-state index contributed by atoms with van der Waals surface area (Å²) in [6.07, 6.45) is 6.98. The number of methoxy groups -OCH3 is 1. The molecule has 1 atom stereocenters. The van der Waals surface area contributed by atoms with Crippen LogP contribution in [0.25, 0.3) is 0 Å². The Morgan fingerprint density at radius 1 is 1.33 bits per heavy atom. The maximum absolute atomic E-state index is 5.65. The summed E-state index contributed by atoms with van der Waals surface area (Å²) in [6, 6.07) is 0. The van der Waals surface area contributed by atoms with E-state index in [9.17, 15) is 0 Å². The van der Waals surface area contributed by atoms with Crippen molar-refractivity contribution in [2.24, 2.45) is 5.73 Å². The third kappa shape index (κ3) is 6.76. The Morgan fingerprint density at radius 2 is 2.22 bits per heavy atom. The first-order valence-electron chi connectivity index (χ1n) is 6.39. The van der Waals surface area contributed by atoms with Gasteiger partial charge in [0.2, 0.25) is 0 Å².